The fourth-order valence-electron chi connectivity index (χ4n) is 2.91. The third-order valence-corrected chi connectivity index (χ3v) is 4.68. The molecule has 168 valence electrons. The largest absolute Gasteiger partial charge is 0.377 e. The maximum atomic E-state index is 5.27. The molecule has 0 heterocycles. The molecule has 1 nitrogen and oxygen atoms in total. The summed E-state index contributed by atoms with van der Waals surface area (Å²) in [6.07, 6.45) is 11.1. The van der Waals surface area contributed by atoms with Gasteiger partial charge in [-0.15, -0.1) is 6.58 Å². The molecule has 3 aromatic carbocycles. The van der Waals surface area contributed by atoms with Gasteiger partial charge in [0, 0.05) is 0 Å². The zero-order valence-corrected chi connectivity index (χ0v) is 20.1. The van der Waals surface area contributed by atoms with E-state index >= 15 is 0 Å². The maximum Gasteiger partial charge on any atom is 0.0644 e. The zero-order chi connectivity index (χ0) is 23.4. The van der Waals surface area contributed by atoms with Crippen molar-refractivity contribution in [1.29, 1.82) is 0 Å². The Hall–Kier alpha value is -3.16. The number of allylic oxidation sites excluding steroid dienone is 2. The molecule has 32 heavy (non-hydrogen) atoms. The third kappa shape index (κ3) is 11.9. The molecule has 0 fully saturated rings. The Morgan fingerprint density at radius 1 is 0.688 bits per heavy atom. The smallest absolute Gasteiger partial charge is 0.0644 e. The normalized spacial score (nSPS) is 10.2. The van der Waals surface area contributed by atoms with Crippen LogP contribution in [0.3, 0.4) is 0 Å². The van der Waals surface area contributed by atoms with Gasteiger partial charge >= 0.3 is 0 Å². The van der Waals surface area contributed by atoms with E-state index in [4.69, 9.17) is 4.74 Å². The van der Waals surface area contributed by atoms with E-state index in [0.717, 1.165) is 13.0 Å². The molecule has 0 aliphatic rings. The van der Waals surface area contributed by atoms with E-state index < -0.39 is 0 Å². The second-order valence-electron chi connectivity index (χ2n) is 7.31. The van der Waals surface area contributed by atoms with Crippen molar-refractivity contribution in [3.63, 3.8) is 0 Å². The Balaban J connectivity index is 0.000000241. The van der Waals surface area contributed by atoms with Crippen molar-refractivity contribution in [3.05, 3.63) is 131 Å². The molecule has 0 atom stereocenters. The Morgan fingerprint density at radius 2 is 1.16 bits per heavy atom. The molecule has 0 saturated carbocycles. The van der Waals surface area contributed by atoms with Gasteiger partial charge in [0.2, 0.25) is 0 Å². The molecule has 0 aliphatic heterocycles. The topological polar surface area (TPSA) is 9.23 Å². The fraction of sp³-hybridized carbons (Fsp3) is 0.226. The molecule has 0 bridgehead atoms. The van der Waals surface area contributed by atoms with Crippen LogP contribution in [-0.4, -0.2) is 13.2 Å². The Bertz CT molecular complexity index is 882. The summed E-state index contributed by atoms with van der Waals surface area (Å²) in [5.74, 6) is 0. The number of hydrogen-bond acceptors (Lipinski definition) is 1. The molecule has 1 heteroatoms. The van der Waals surface area contributed by atoms with E-state index in [1.807, 2.05) is 32.0 Å². The lowest BCUT2D eigenvalue weighted by Crippen LogP contribution is -1.97. The van der Waals surface area contributed by atoms with Crippen molar-refractivity contribution >= 4 is 12.2 Å². The van der Waals surface area contributed by atoms with Crippen molar-refractivity contribution in [2.24, 2.45) is 0 Å². The summed E-state index contributed by atoms with van der Waals surface area (Å²) in [6.45, 7) is 13.3. The first-order valence-corrected chi connectivity index (χ1v) is 11.2. The van der Waals surface area contributed by atoms with E-state index in [-0.39, 0.29) is 0 Å². The quantitative estimate of drug-likeness (QED) is 0.272. The summed E-state index contributed by atoms with van der Waals surface area (Å²) in [5.41, 5.74) is 6.61. The van der Waals surface area contributed by atoms with Crippen LogP contribution in [0.1, 0.15) is 41.7 Å². The molecule has 0 aromatic heterocycles. The summed E-state index contributed by atoms with van der Waals surface area (Å²) in [5, 5.41) is 0. The Labute approximate surface area is 195 Å². The summed E-state index contributed by atoms with van der Waals surface area (Å²) in [6, 6.07) is 27.0. The first kappa shape index (κ1) is 26.9. The SMILES string of the molecule is C=CCOCCc1ccccc1.CC=Cc1ccccc1C.CC=Cc1ccccc1C. The van der Waals surface area contributed by atoms with Crippen LogP contribution in [0.15, 0.2) is 104 Å². The van der Waals surface area contributed by atoms with Gasteiger partial charge in [0.05, 0.1) is 13.2 Å². The highest BCUT2D eigenvalue weighted by Crippen LogP contribution is 2.08. The van der Waals surface area contributed by atoms with Crippen LogP contribution in [0.25, 0.3) is 12.2 Å². The number of ether oxygens (including phenoxy) is 1. The first-order valence-electron chi connectivity index (χ1n) is 11.2. The molecular weight excluding hydrogens is 388 g/mol. The van der Waals surface area contributed by atoms with Gasteiger partial charge in [-0.2, -0.15) is 0 Å². The lowest BCUT2D eigenvalue weighted by Gasteiger charge is -2.00. The van der Waals surface area contributed by atoms with Crippen molar-refractivity contribution in [2.75, 3.05) is 13.2 Å². The number of rotatable bonds is 7. The minimum absolute atomic E-state index is 0.646. The van der Waals surface area contributed by atoms with Crippen molar-refractivity contribution in [3.8, 4) is 0 Å². The van der Waals surface area contributed by atoms with Crippen LogP contribution in [0.5, 0.6) is 0 Å². The second kappa shape index (κ2) is 17.5. The van der Waals surface area contributed by atoms with Crippen LogP contribution >= 0.6 is 0 Å². The molecule has 0 saturated heterocycles. The van der Waals surface area contributed by atoms with E-state index in [9.17, 15) is 0 Å². The number of aryl methyl sites for hydroxylation is 2. The first-order chi connectivity index (χ1) is 15.6. The molecule has 0 amide bonds. The van der Waals surface area contributed by atoms with Gasteiger partial charge in [-0.3, -0.25) is 0 Å². The molecule has 0 N–H and O–H groups in total. The molecule has 3 aromatic rings. The van der Waals surface area contributed by atoms with E-state index in [1.54, 1.807) is 6.08 Å². The third-order valence-electron chi connectivity index (χ3n) is 4.68. The lowest BCUT2D eigenvalue weighted by molar-refractivity contribution is 0.166. The Kier molecular flexibility index (Phi) is 14.7. The van der Waals surface area contributed by atoms with Crippen LogP contribution in [0.2, 0.25) is 0 Å². The predicted molar refractivity (Wildman–Crippen MR) is 143 cm³/mol. The number of benzene rings is 3. The lowest BCUT2D eigenvalue weighted by atomic mass is 10.1. The summed E-state index contributed by atoms with van der Waals surface area (Å²) >= 11 is 0. The highest BCUT2D eigenvalue weighted by Gasteiger charge is 1.90. The van der Waals surface area contributed by atoms with Crippen LogP contribution in [0.4, 0.5) is 0 Å². The van der Waals surface area contributed by atoms with Gasteiger partial charge in [0.25, 0.3) is 0 Å². The molecule has 0 unspecified atom stereocenters. The van der Waals surface area contributed by atoms with E-state index in [2.05, 4.69) is 105 Å². The molecular formula is C31H38O. The van der Waals surface area contributed by atoms with Crippen LogP contribution in [0, 0.1) is 13.8 Å². The van der Waals surface area contributed by atoms with Gasteiger partial charge in [-0.25, -0.2) is 0 Å². The van der Waals surface area contributed by atoms with Crippen LogP contribution in [-0.2, 0) is 11.2 Å². The van der Waals surface area contributed by atoms with Crippen molar-refractivity contribution in [1.82, 2.24) is 0 Å². The molecule has 0 aliphatic carbocycles. The standard InChI is InChI=1S/C11H14O.2C10H12/c1-2-9-12-10-8-11-6-4-3-5-7-11;2*1-3-6-10-8-5-4-7-9(10)2/h2-7H,1,8-10H2;2*3-8H,1-2H3. The van der Waals surface area contributed by atoms with E-state index in [0.29, 0.717) is 6.61 Å². The van der Waals surface area contributed by atoms with Gasteiger partial charge in [0.1, 0.15) is 0 Å². The molecule has 0 radical (unpaired) electrons. The second-order valence-corrected chi connectivity index (χ2v) is 7.31. The molecule has 3 rings (SSSR count). The fourth-order valence-corrected chi connectivity index (χ4v) is 2.91. The van der Waals surface area contributed by atoms with Crippen molar-refractivity contribution in [2.45, 2.75) is 34.1 Å². The van der Waals surface area contributed by atoms with Gasteiger partial charge in [-0.05, 0) is 61.9 Å². The zero-order valence-electron chi connectivity index (χ0n) is 20.1. The average Bonchev–Trinajstić information content (AvgIpc) is 2.82. The summed E-state index contributed by atoms with van der Waals surface area (Å²) in [7, 11) is 0. The highest BCUT2D eigenvalue weighted by molar-refractivity contribution is 5.53. The van der Waals surface area contributed by atoms with Gasteiger partial charge in [-0.1, -0.05) is 109 Å². The monoisotopic (exact) mass is 426 g/mol. The minimum Gasteiger partial charge on any atom is -0.377 e. The molecule has 0 spiro atoms. The van der Waals surface area contributed by atoms with Gasteiger partial charge in [0.15, 0.2) is 0 Å². The summed E-state index contributed by atoms with van der Waals surface area (Å²) < 4.78 is 5.27. The predicted octanol–water partition coefficient (Wildman–Crippen LogP) is 8.49. The van der Waals surface area contributed by atoms with E-state index in [1.165, 1.54) is 27.8 Å². The summed E-state index contributed by atoms with van der Waals surface area (Å²) in [4.78, 5) is 0. The highest BCUT2D eigenvalue weighted by atomic mass is 16.5. The van der Waals surface area contributed by atoms with Crippen LogP contribution < -0.4 is 0 Å². The number of hydrogen-bond donors (Lipinski definition) is 0. The average molecular weight is 427 g/mol. The minimum atomic E-state index is 0.646. The Morgan fingerprint density at radius 3 is 1.59 bits per heavy atom. The van der Waals surface area contributed by atoms with Gasteiger partial charge < -0.3 is 4.74 Å². The van der Waals surface area contributed by atoms with Crippen molar-refractivity contribution < 1.29 is 4.74 Å². The maximum absolute atomic E-state index is 5.27.